The summed E-state index contributed by atoms with van der Waals surface area (Å²) in [6, 6.07) is 7.85. The van der Waals surface area contributed by atoms with Crippen LogP contribution >= 0.6 is 0 Å². The highest BCUT2D eigenvalue weighted by Gasteiger charge is 2.35. The van der Waals surface area contributed by atoms with Crippen LogP contribution in [0.5, 0.6) is 0 Å². The van der Waals surface area contributed by atoms with Crippen molar-refractivity contribution >= 4 is 23.1 Å². The van der Waals surface area contributed by atoms with Crippen molar-refractivity contribution in [3.63, 3.8) is 0 Å². The summed E-state index contributed by atoms with van der Waals surface area (Å²) >= 11 is 0. The molecule has 1 aliphatic heterocycles. The number of hydrogen-bond donors (Lipinski definition) is 2. The second-order valence-corrected chi connectivity index (χ2v) is 10.3. The highest BCUT2D eigenvalue weighted by atomic mass is 19.4. The summed E-state index contributed by atoms with van der Waals surface area (Å²) in [5.41, 5.74) is -0.555. The summed E-state index contributed by atoms with van der Waals surface area (Å²) in [7, 11) is 1.69. The summed E-state index contributed by atoms with van der Waals surface area (Å²) in [5.74, 6) is 0.312. The molecule has 4 rings (SSSR count). The number of carbonyl (C=O) groups is 1. The molecule has 200 valence electrons. The highest BCUT2D eigenvalue weighted by molar-refractivity contribution is 5.96. The molecule has 0 unspecified atom stereocenters. The number of nitrogens with one attached hydrogen (secondary N) is 2. The molecule has 3 aromatic rings. The van der Waals surface area contributed by atoms with Crippen LogP contribution in [0.1, 0.15) is 39.2 Å². The zero-order valence-corrected chi connectivity index (χ0v) is 21.5. The maximum atomic E-state index is 13.6. The Bertz CT molecular complexity index is 1240. The molecule has 0 radical (unpaired) electrons. The Balaban J connectivity index is 1.55. The summed E-state index contributed by atoms with van der Waals surface area (Å²) < 4.78 is 47.6. The largest absolute Gasteiger partial charge is 0.418 e. The lowest BCUT2D eigenvalue weighted by atomic mass is 9.95. The van der Waals surface area contributed by atoms with Crippen molar-refractivity contribution in [2.75, 3.05) is 43.6 Å². The molecule has 37 heavy (non-hydrogen) atoms. The van der Waals surface area contributed by atoms with Crippen LogP contribution in [0.4, 0.5) is 24.7 Å². The van der Waals surface area contributed by atoms with Gasteiger partial charge in [0, 0.05) is 43.8 Å². The molecule has 2 N–H and O–H groups in total. The molecule has 0 atom stereocenters. The quantitative estimate of drug-likeness (QED) is 0.445. The Morgan fingerprint density at radius 2 is 1.86 bits per heavy atom. The Morgan fingerprint density at radius 1 is 1.14 bits per heavy atom. The molecule has 0 aliphatic carbocycles. The normalized spacial score (nSPS) is 15.4. The van der Waals surface area contributed by atoms with Gasteiger partial charge in [-0.1, -0.05) is 26.8 Å². The van der Waals surface area contributed by atoms with Crippen LogP contribution in [-0.2, 0) is 15.7 Å². The minimum atomic E-state index is -4.61. The predicted molar refractivity (Wildman–Crippen MR) is 137 cm³/mol. The van der Waals surface area contributed by atoms with Gasteiger partial charge in [-0.2, -0.15) is 13.2 Å². The molecular formula is C26H33F3N6O2. The Morgan fingerprint density at radius 3 is 2.51 bits per heavy atom. The fraction of sp³-hybridized carbons (Fsp3) is 0.500. The molecule has 0 saturated carbocycles. The number of ether oxygens (including phenoxy) is 1. The van der Waals surface area contributed by atoms with E-state index in [4.69, 9.17) is 9.84 Å². The van der Waals surface area contributed by atoms with Gasteiger partial charge in [-0.05, 0) is 37.1 Å². The fourth-order valence-corrected chi connectivity index (χ4v) is 4.22. The molecule has 11 heteroatoms. The number of halogens is 3. The van der Waals surface area contributed by atoms with Gasteiger partial charge in [0.2, 0.25) is 5.91 Å². The van der Waals surface area contributed by atoms with Gasteiger partial charge in [0.15, 0.2) is 5.65 Å². The van der Waals surface area contributed by atoms with E-state index >= 15 is 0 Å². The van der Waals surface area contributed by atoms with Crippen LogP contribution in [0.15, 0.2) is 36.5 Å². The zero-order valence-electron chi connectivity index (χ0n) is 21.5. The molecule has 0 spiro atoms. The zero-order chi connectivity index (χ0) is 26.8. The first-order chi connectivity index (χ1) is 17.5. The summed E-state index contributed by atoms with van der Waals surface area (Å²) in [4.78, 5) is 19.2. The predicted octanol–water partition coefficient (Wildman–Crippen LogP) is 4.60. The van der Waals surface area contributed by atoms with E-state index in [0.29, 0.717) is 29.6 Å². The van der Waals surface area contributed by atoms with Crippen LogP contribution in [-0.4, -0.2) is 59.9 Å². The molecule has 1 aromatic carbocycles. The molecule has 3 heterocycles. The molecule has 1 fully saturated rings. The van der Waals surface area contributed by atoms with Crippen LogP contribution < -0.4 is 15.5 Å². The standard InChI is InChI=1S/C26H33F3N6O2/c1-25(2,3)24(36)32-20-15-17(5-6-19(20)26(27,28)29)21-16-35-22(31-21)7-8-23(33-35)34-12-9-18(10-13-34)30-11-14-37-4/h5-8,15-16,18,30H,9-14H2,1-4H3,(H,32,36). The third-order valence-electron chi connectivity index (χ3n) is 6.41. The smallest absolute Gasteiger partial charge is 0.383 e. The van der Waals surface area contributed by atoms with Crippen molar-refractivity contribution in [1.29, 1.82) is 0 Å². The molecule has 1 saturated heterocycles. The summed E-state index contributed by atoms with van der Waals surface area (Å²) in [6.45, 7) is 8.17. The third-order valence-corrected chi connectivity index (χ3v) is 6.41. The summed E-state index contributed by atoms with van der Waals surface area (Å²) in [5, 5.41) is 10.6. The second kappa shape index (κ2) is 10.7. The van der Waals surface area contributed by atoms with Gasteiger partial charge in [-0.15, -0.1) is 5.10 Å². The van der Waals surface area contributed by atoms with E-state index in [2.05, 4.69) is 20.5 Å². The molecule has 1 aliphatic rings. The lowest BCUT2D eigenvalue weighted by Gasteiger charge is -2.33. The number of anilines is 2. The Kier molecular flexibility index (Phi) is 7.75. The van der Waals surface area contributed by atoms with Crippen LogP contribution in [0, 0.1) is 5.41 Å². The fourth-order valence-electron chi connectivity index (χ4n) is 4.22. The second-order valence-electron chi connectivity index (χ2n) is 10.3. The van der Waals surface area contributed by atoms with Crippen LogP contribution in [0.25, 0.3) is 16.9 Å². The number of piperidine rings is 1. The molecule has 8 nitrogen and oxygen atoms in total. The van der Waals surface area contributed by atoms with Gasteiger partial charge in [-0.3, -0.25) is 4.79 Å². The molecule has 1 amide bonds. The maximum Gasteiger partial charge on any atom is 0.418 e. The highest BCUT2D eigenvalue weighted by Crippen LogP contribution is 2.38. The van der Waals surface area contributed by atoms with E-state index in [1.807, 2.05) is 12.1 Å². The first-order valence-electron chi connectivity index (χ1n) is 12.3. The Hall–Kier alpha value is -3.18. The SMILES string of the molecule is COCCNC1CCN(c2ccc3nc(-c4ccc(C(F)(F)F)c(NC(=O)C(C)(C)C)c4)cn3n2)CC1. The number of nitrogens with zero attached hydrogens (tertiary/aromatic N) is 4. The van der Waals surface area contributed by atoms with Crippen molar-refractivity contribution in [2.24, 2.45) is 5.41 Å². The minimum Gasteiger partial charge on any atom is -0.383 e. The number of benzene rings is 1. The molecular weight excluding hydrogens is 485 g/mol. The third kappa shape index (κ3) is 6.40. The first-order valence-corrected chi connectivity index (χ1v) is 12.3. The average Bonchev–Trinajstić information content (AvgIpc) is 3.27. The number of alkyl halides is 3. The number of methoxy groups -OCH3 is 1. The van der Waals surface area contributed by atoms with Crippen molar-refractivity contribution in [2.45, 2.75) is 45.8 Å². The first kappa shape index (κ1) is 26.9. The van der Waals surface area contributed by atoms with E-state index in [1.54, 1.807) is 38.6 Å². The minimum absolute atomic E-state index is 0.294. The van der Waals surface area contributed by atoms with Gasteiger partial charge in [0.05, 0.1) is 29.7 Å². The number of aromatic nitrogens is 3. The molecule has 2 aromatic heterocycles. The lowest BCUT2D eigenvalue weighted by molar-refractivity contribution is -0.137. The van der Waals surface area contributed by atoms with Crippen molar-refractivity contribution in [3.05, 3.63) is 42.1 Å². The lowest BCUT2D eigenvalue weighted by Crippen LogP contribution is -2.43. The van der Waals surface area contributed by atoms with E-state index in [0.717, 1.165) is 44.4 Å². The molecule has 0 bridgehead atoms. The maximum absolute atomic E-state index is 13.6. The Labute approximate surface area is 214 Å². The number of fused-ring (bicyclic) bond motifs is 1. The van der Waals surface area contributed by atoms with Gasteiger partial charge in [0.25, 0.3) is 0 Å². The van der Waals surface area contributed by atoms with Crippen LogP contribution in [0.3, 0.4) is 0 Å². The van der Waals surface area contributed by atoms with Crippen molar-refractivity contribution < 1.29 is 22.7 Å². The van der Waals surface area contributed by atoms with E-state index in [1.165, 1.54) is 12.1 Å². The number of imidazole rings is 1. The topological polar surface area (TPSA) is 83.8 Å². The van der Waals surface area contributed by atoms with Gasteiger partial charge >= 0.3 is 6.18 Å². The van der Waals surface area contributed by atoms with Crippen LogP contribution in [0.2, 0.25) is 0 Å². The van der Waals surface area contributed by atoms with E-state index in [9.17, 15) is 18.0 Å². The van der Waals surface area contributed by atoms with Gasteiger partial charge in [-0.25, -0.2) is 9.50 Å². The number of hydrogen-bond acceptors (Lipinski definition) is 6. The number of carbonyl (C=O) groups excluding carboxylic acids is 1. The number of amides is 1. The monoisotopic (exact) mass is 518 g/mol. The van der Waals surface area contributed by atoms with Crippen molar-refractivity contribution in [3.8, 4) is 11.3 Å². The van der Waals surface area contributed by atoms with E-state index < -0.39 is 23.1 Å². The number of rotatable bonds is 7. The van der Waals surface area contributed by atoms with Crippen molar-refractivity contribution in [1.82, 2.24) is 19.9 Å². The van der Waals surface area contributed by atoms with Gasteiger partial charge in [0.1, 0.15) is 5.82 Å². The summed E-state index contributed by atoms with van der Waals surface area (Å²) in [6.07, 6.45) is -0.933. The average molecular weight is 519 g/mol. The van der Waals surface area contributed by atoms with Gasteiger partial charge < -0.3 is 20.3 Å². The van der Waals surface area contributed by atoms with E-state index in [-0.39, 0.29) is 5.69 Å².